The maximum atomic E-state index is 9.47. The quantitative estimate of drug-likeness (QED) is 0.497. The lowest BCUT2D eigenvalue weighted by molar-refractivity contribution is 1.04. The molecule has 0 fully saturated rings. The van der Waals surface area contributed by atoms with Gasteiger partial charge >= 0.3 is 0 Å². The lowest BCUT2D eigenvalue weighted by Gasteiger charge is -1.88. The van der Waals surface area contributed by atoms with Gasteiger partial charge in [0.2, 0.25) is 0 Å². The molecule has 0 aromatic heterocycles. The highest BCUT2D eigenvalue weighted by molar-refractivity contribution is 7.99. The van der Waals surface area contributed by atoms with Gasteiger partial charge < -0.3 is 0 Å². The van der Waals surface area contributed by atoms with Crippen LogP contribution in [0.4, 0.5) is 0 Å². The summed E-state index contributed by atoms with van der Waals surface area (Å²) in [7, 11) is 0. The summed E-state index contributed by atoms with van der Waals surface area (Å²) in [6, 6.07) is 0. The van der Waals surface area contributed by atoms with Gasteiger partial charge in [-0.1, -0.05) is 5.18 Å². The zero-order valence-electron chi connectivity index (χ0n) is 3.84. The molecule has 2 nitrogen and oxygen atoms in total. The highest BCUT2D eigenvalue weighted by Gasteiger charge is 1.90. The van der Waals surface area contributed by atoms with Crippen molar-refractivity contribution >= 4 is 11.8 Å². The Morgan fingerprint density at radius 3 is 2.33 bits per heavy atom. The van der Waals surface area contributed by atoms with Crippen LogP contribution >= 0.6 is 11.8 Å². The van der Waals surface area contributed by atoms with Crippen molar-refractivity contribution in [2.24, 2.45) is 5.18 Å². The minimum atomic E-state index is -0.0787. The second-order valence-electron chi connectivity index (χ2n) is 0.940. The molecule has 36 valence electrons. The van der Waals surface area contributed by atoms with Crippen molar-refractivity contribution in [1.82, 2.24) is 0 Å². The van der Waals surface area contributed by atoms with Crippen LogP contribution in [0.25, 0.3) is 0 Å². The number of hydrogen-bond acceptors (Lipinski definition) is 3. The highest BCUT2D eigenvalue weighted by atomic mass is 32.2. The normalized spacial score (nSPS) is 13.7. The van der Waals surface area contributed by atoms with Crippen molar-refractivity contribution in [3.05, 3.63) is 4.91 Å². The Morgan fingerprint density at radius 1 is 1.83 bits per heavy atom. The van der Waals surface area contributed by atoms with Gasteiger partial charge in [-0.2, -0.15) is 0 Å². The lowest BCUT2D eigenvalue weighted by Crippen LogP contribution is -1.82. The molecule has 0 aromatic rings. The summed E-state index contributed by atoms with van der Waals surface area (Å²) in [5, 5.41) is 2.64. The minimum absolute atomic E-state index is 0.0787. The van der Waals surface area contributed by atoms with E-state index in [9.17, 15) is 4.91 Å². The Bertz CT molecular complexity index is 48.1. The van der Waals surface area contributed by atoms with E-state index in [4.69, 9.17) is 0 Å². The van der Waals surface area contributed by atoms with Crippen LogP contribution in [0.1, 0.15) is 6.92 Å². The van der Waals surface area contributed by atoms with E-state index >= 15 is 0 Å². The van der Waals surface area contributed by atoms with Gasteiger partial charge in [-0.05, 0) is 13.2 Å². The zero-order valence-corrected chi connectivity index (χ0v) is 4.66. The minimum Gasteiger partial charge on any atom is -0.150 e. The molecular formula is C3H7NOS. The number of nitrogens with zero attached hydrogens (tertiary/aromatic N) is 1. The first-order valence-corrected chi connectivity index (χ1v) is 2.95. The van der Waals surface area contributed by atoms with Gasteiger partial charge in [-0.3, -0.25) is 0 Å². The molecule has 0 aromatic carbocycles. The summed E-state index contributed by atoms with van der Waals surface area (Å²) in [6.45, 7) is 1.76. The third-order valence-electron chi connectivity index (χ3n) is 0.490. The third-order valence-corrected chi connectivity index (χ3v) is 1.26. The van der Waals surface area contributed by atoms with E-state index in [1.807, 2.05) is 6.26 Å². The van der Waals surface area contributed by atoms with Crippen molar-refractivity contribution in [3.63, 3.8) is 0 Å². The second-order valence-corrected chi connectivity index (χ2v) is 2.09. The predicted molar refractivity (Wildman–Crippen MR) is 28.8 cm³/mol. The fourth-order valence-electron chi connectivity index (χ4n) is 0.0430. The Kier molecular flexibility index (Phi) is 3.13. The molecule has 0 saturated carbocycles. The molecule has 0 aliphatic carbocycles. The molecule has 0 aliphatic heterocycles. The van der Waals surface area contributed by atoms with E-state index in [2.05, 4.69) is 5.18 Å². The van der Waals surface area contributed by atoms with Gasteiger partial charge in [0.1, 0.15) is 5.37 Å². The largest absolute Gasteiger partial charge is 0.150 e. The Hall–Kier alpha value is -0.0500. The van der Waals surface area contributed by atoms with Crippen molar-refractivity contribution in [1.29, 1.82) is 0 Å². The van der Waals surface area contributed by atoms with E-state index in [0.717, 1.165) is 0 Å². The van der Waals surface area contributed by atoms with Crippen LogP contribution in [0.3, 0.4) is 0 Å². The molecular weight excluding hydrogens is 98.1 g/mol. The average Bonchev–Trinajstić information content (AvgIpc) is 1.65. The van der Waals surface area contributed by atoms with Gasteiger partial charge in [-0.15, -0.1) is 16.7 Å². The SMILES string of the molecule is CSC(C)N=O. The van der Waals surface area contributed by atoms with Gasteiger partial charge in [-0.25, -0.2) is 0 Å². The monoisotopic (exact) mass is 105 g/mol. The van der Waals surface area contributed by atoms with Crippen LogP contribution in [0.15, 0.2) is 5.18 Å². The van der Waals surface area contributed by atoms with Crippen molar-refractivity contribution in [3.8, 4) is 0 Å². The third kappa shape index (κ3) is 2.20. The van der Waals surface area contributed by atoms with Crippen LogP contribution in [-0.2, 0) is 0 Å². The number of rotatable bonds is 2. The van der Waals surface area contributed by atoms with Crippen LogP contribution in [0.2, 0.25) is 0 Å². The molecule has 0 radical (unpaired) electrons. The van der Waals surface area contributed by atoms with E-state index in [1.165, 1.54) is 11.8 Å². The molecule has 0 rings (SSSR count). The fourth-order valence-corrected chi connectivity index (χ4v) is 0.129. The summed E-state index contributed by atoms with van der Waals surface area (Å²) >= 11 is 1.45. The van der Waals surface area contributed by atoms with E-state index in [0.29, 0.717) is 0 Å². The lowest BCUT2D eigenvalue weighted by atomic mass is 10.8. The Morgan fingerprint density at radius 2 is 2.33 bits per heavy atom. The van der Waals surface area contributed by atoms with Gasteiger partial charge in [0.05, 0.1) is 0 Å². The Balaban J connectivity index is 2.96. The summed E-state index contributed by atoms with van der Waals surface area (Å²) in [5.41, 5.74) is 0. The average molecular weight is 105 g/mol. The van der Waals surface area contributed by atoms with Crippen molar-refractivity contribution in [2.45, 2.75) is 12.3 Å². The van der Waals surface area contributed by atoms with E-state index < -0.39 is 0 Å². The molecule has 0 heterocycles. The standard InChI is InChI=1S/C3H7NOS/c1-3(4-5)6-2/h3H,1-2H3. The molecule has 0 bridgehead atoms. The summed E-state index contributed by atoms with van der Waals surface area (Å²) in [4.78, 5) is 9.47. The first-order valence-electron chi connectivity index (χ1n) is 1.66. The fraction of sp³-hybridized carbons (Fsp3) is 1.00. The molecule has 0 saturated heterocycles. The molecule has 1 unspecified atom stereocenters. The molecule has 0 aliphatic rings. The first kappa shape index (κ1) is 5.95. The zero-order chi connectivity index (χ0) is 4.99. The second kappa shape index (κ2) is 3.15. The molecule has 3 heteroatoms. The molecule has 1 atom stereocenters. The number of hydrogen-bond donors (Lipinski definition) is 0. The van der Waals surface area contributed by atoms with Crippen molar-refractivity contribution < 1.29 is 0 Å². The van der Waals surface area contributed by atoms with Crippen LogP contribution in [-0.4, -0.2) is 11.6 Å². The molecule has 0 amide bonds. The molecule has 6 heavy (non-hydrogen) atoms. The van der Waals surface area contributed by atoms with E-state index in [-0.39, 0.29) is 5.37 Å². The van der Waals surface area contributed by atoms with Gasteiger partial charge in [0.15, 0.2) is 0 Å². The Labute approximate surface area is 41.3 Å². The van der Waals surface area contributed by atoms with Crippen LogP contribution in [0, 0.1) is 4.91 Å². The maximum Gasteiger partial charge on any atom is 0.134 e. The highest BCUT2D eigenvalue weighted by Crippen LogP contribution is 2.03. The smallest absolute Gasteiger partial charge is 0.134 e. The molecule has 0 spiro atoms. The first-order chi connectivity index (χ1) is 2.81. The number of nitroso groups, excluding NO2 is 1. The molecule has 0 N–H and O–H groups in total. The predicted octanol–water partition coefficient (Wildman–Crippen LogP) is 1.46. The number of thioether (sulfide) groups is 1. The van der Waals surface area contributed by atoms with Crippen molar-refractivity contribution in [2.75, 3.05) is 6.26 Å². The topological polar surface area (TPSA) is 29.4 Å². The summed E-state index contributed by atoms with van der Waals surface area (Å²) in [5.74, 6) is 0. The van der Waals surface area contributed by atoms with Crippen LogP contribution in [0.5, 0.6) is 0 Å². The van der Waals surface area contributed by atoms with Gasteiger partial charge in [0, 0.05) is 0 Å². The maximum absolute atomic E-state index is 9.47. The van der Waals surface area contributed by atoms with Gasteiger partial charge in [0.25, 0.3) is 0 Å². The summed E-state index contributed by atoms with van der Waals surface area (Å²) < 4.78 is 0. The van der Waals surface area contributed by atoms with E-state index in [1.54, 1.807) is 6.92 Å². The summed E-state index contributed by atoms with van der Waals surface area (Å²) in [6.07, 6.45) is 1.85. The van der Waals surface area contributed by atoms with Crippen LogP contribution < -0.4 is 0 Å².